The van der Waals surface area contributed by atoms with Gasteiger partial charge in [-0.1, -0.05) is 32.1 Å². The standard InChI is InChI=1S/C28H29F3N4O4/c1-4-24(33-26(18(2)3)35(37)16-22-14-32-17-38-22)27(36)34-13-12-23-19(15-34)6-5-7-25(23)39-21-10-8-20(9-11-21)28(29,30)31/h4-11,14,17-18,37H,12-13,15-16H2,1-3H3/b24-4-,33-26?. The number of rotatable bonds is 7. The average molecular weight is 543 g/mol. The Labute approximate surface area is 224 Å². The number of ether oxygens (including phenoxy) is 1. The highest BCUT2D eigenvalue weighted by Gasteiger charge is 2.30. The fourth-order valence-electron chi connectivity index (χ4n) is 4.24. The normalized spacial score (nSPS) is 14.4. The van der Waals surface area contributed by atoms with Crippen LogP contribution in [-0.2, 0) is 30.5 Å². The van der Waals surface area contributed by atoms with E-state index in [2.05, 4.69) is 9.98 Å². The number of amides is 1. The zero-order valence-corrected chi connectivity index (χ0v) is 21.8. The summed E-state index contributed by atoms with van der Waals surface area (Å²) in [7, 11) is 0. The molecule has 206 valence electrons. The number of aromatic nitrogens is 1. The molecule has 0 fully saturated rings. The van der Waals surface area contributed by atoms with Gasteiger partial charge in [-0.3, -0.25) is 10.0 Å². The van der Waals surface area contributed by atoms with Crippen LogP contribution in [0.5, 0.6) is 11.5 Å². The van der Waals surface area contributed by atoms with Crippen molar-refractivity contribution < 1.29 is 32.3 Å². The van der Waals surface area contributed by atoms with Crippen LogP contribution in [0.2, 0.25) is 0 Å². The molecule has 0 bridgehead atoms. The van der Waals surface area contributed by atoms with Crippen LogP contribution in [0.3, 0.4) is 0 Å². The van der Waals surface area contributed by atoms with E-state index in [9.17, 15) is 23.2 Å². The molecule has 1 amide bonds. The highest BCUT2D eigenvalue weighted by Crippen LogP contribution is 2.34. The maximum atomic E-state index is 13.4. The molecule has 0 atom stereocenters. The summed E-state index contributed by atoms with van der Waals surface area (Å²) in [4.78, 5) is 23.4. The zero-order chi connectivity index (χ0) is 28.2. The highest BCUT2D eigenvalue weighted by molar-refractivity contribution is 5.97. The second kappa shape index (κ2) is 11.7. The Morgan fingerprint density at radius 1 is 1.26 bits per heavy atom. The van der Waals surface area contributed by atoms with Crippen molar-refractivity contribution >= 4 is 11.7 Å². The molecule has 1 aliphatic rings. The van der Waals surface area contributed by atoms with Crippen molar-refractivity contribution in [1.82, 2.24) is 14.9 Å². The van der Waals surface area contributed by atoms with Crippen LogP contribution < -0.4 is 4.74 Å². The number of hydrogen-bond acceptors (Lipinski definition) is 6. The van der Waals surface area contributed by atoms with Gasteiger partial charge in [-0.05, 0) is 49.2 Å². The first-order valence-corrected chi connectivity index (χ1v) is 12.4. The van der Waals surface area contributed by atoms with Gasteiger partial charge in [0.1, 0.15) is 35.3 Å². The summed E-state index contributed by atoms with van der Waals surface area (Å²) in [6.45, 7) is 6.15. The van der Waals surface area contributed by atoms with Crippen molar-refractivity contribution in [2.45, 2.75) is 46.5 Å². The minimum Gasteiger partial charge on any atom is -0.457 e. The molecule has 1 N–H and O–H groups in total. The van der Waals surface area contributed by atoms with Crippen LogP contribution in [0.25, 0.3) is 0 Å². The van der Waals surface area contributed by atoms with Gasteiger partial charge in [0.2, 0.25) is 0 Å². The molecule has 2 heterocycles. The van der Waals surface area contributed by atoms with Crippen LogP contribution in [0.1, 0.15) is 43.2 Å². The van der Waals surface area contributed by atoms with Crippen molar-refractivity contribution in [3.8, 4) is 11.5 Å². The lowest BCUT2D eigenvalue weighted by Crippen LogP contribution is -2.37. The number of alkyl halides is 3. The number of allylic oxidation sites excluding steroid dienone is 1. The third-order valence-corrected chi connectivity index (χ3v) is 6.22. The first kappa shape index (κ1) is 27.9. The summed E-state index contributed by atoms with van der Waals surface area (Å²) in [5, 5.41) is 11.6. The molecular weight excluding hydrogens is 513 g/mol. The second-order valence-electron chi connectivity index (χ2n) is 9.32. The summed E-state index contributed by atoms with van der Waals surface area (Å²) in [5.41, 5.74) is 1.21. The Hall–Kier alpha value is -4.12. The van der Waals surface area contributed by atoms with E-state index < -0.39 is 11.7 Å². The summed E-state index contributed by atoms with van der Waals surface area (Å²) < 4.78 is 49.7. The fraction of sp³-hybridized carbons (Fsp3) is 0.321. The van der Waals surface area contributed by atoms with Crippen molar-refractivity contribution in [3.63, 3.8) is 0 Å². The number of oxazole rings is 1. The Morgan fingerprint density at radius 3 is 2.62 bits per heavy atom. The van der Waals surface area contributed by atoms with Gasteiger partial charge in [-0.2, -0.15) is 13.2 Å². The predicted molar refractivity (Wildman–Crippen MR) is 137 cm³/mol. The second-order valence-corrected chi connectivity index (χ2v) is 9.32. The Morgan fingerprint density at radius 2 is 2.00 bits per heavy atom. The first-order valence-electron chi connectivity index (χ1n) is 12.4. The molecule has 0 aliphatic carbocycles. The molecule has 11 heteroatoms. The number of benzene rings is 2. The third-order valence-electron chi connectivity index (χ3n) is 6.22. The van der Waals surface area contributed by atoms with E-state index in [1.165, 1.54) is 24.7 Å². The molecule has 2 aromatic carbocycles. The molecule has 0 spiro atoms. The summed E-state index contributed by atoms with van der Waals surface area (Å²) in [5.74, 6) is 1.10. The zero-order valence-electron chi connectivity index (χ0n) is 21.8. The molecule has 0 radical (unpaired) electrons. The number of carbonyl (C=O) groups is 1. The van der Waals surface area contributed by atoms with Crippen molar-refractivity contribution in [2.75, 3.05) is 6.54 Å². The van der Waals surface area contributed by atoms with E-state index in [-0.39, 0.29) is 24.1 Å². The molecule has 1 aromatic heterocycles. The van der Waals surface area contributed by atoms with E-state index >= 15 is 0 Å². The summed E-state index contributed by atoms with van der Waals surface area (Å²) in [6, 6.07) is 9.97. The number of nitrogens with zero attached hydrogens (tertiary/aromatic N) is 4. The van der Waals surface area contributed by atoms with E-state index in [0.29, 0.717) is 42.6 Å². The summed E-state index contributed by atoms with van der Waals surface area (Å²) in [6.07, 6.45) is 0.437. The lowest BCUT2D eigenvalue weighted by molar-refractivity contribution is -0.137. The Balaban J connectivity index is 1.49. The van der Waals surface area contributed by atoms with Crippen LogP contribution in [-0.4, -0.2) is 38.4 Å². The average Bonchev–Trinajstić information content (AvgIpc) is 3.41. The number of halogens is 3. The highest BCUT2D eigenvalue weighted by atomic mass is 19.4. The number of fused-ring (bicyclic) bond motifs is 1. The Kier molecular flexibility index (Phi) is 8.39. The van der Waals surface area contributed by atoms with Gasteiger partial charge in [0.15, 0.2) is 6.39 Å². The van der Waals surface area contributed by atoms with Gasteiger partial charge in [0, 0.05) is 24.6 Å². The Bertz CT molecular complexity index is 1350. The van der Waals surface area contributed by atoms with E-state index in [0.717, 1.165) is 28.3 Å². The van der Waals surface area contributed by atoms with Crippen molar-refractivity contribution in [1.29, 1.82) is 0 Å². The molecule has 3 aromatic rings. The lowest BCUT2D eigenvalue weighted by Gasteiger charge is -2.30. The number of hydrogen-bond donors (Lipinski definition) is 1. The van der Waals surface area contributed by atoms with Gasteiger partial charge in [-0.15, -0.1) is 0 Å². The topological polar surface area (TPSA) is 91.4 Å². The van der Waals surface area contributed by atoms with Gasteiger partial charge >= 0.3 is 6.18 Å². The minimum atomic E-state index is -4.42. The maximum absolute atomic E-state index is 13.4. The fourth-order valence-corrected chi connectivity index (χ4v) is 4.24. The van der Waals surface area contributed by atoms with Gasteiger partial charge in [-0.25, -0.2) is 15.0 Å². The molecule has 4 rings (SSSR count). The number of amidine groups is 1. The predicted octanol–water partition coefficient (Wildman–Crippen LogP) is 6.22. The molecule has 39 heavy (non-hydrogen) atoms. The first-order chi connectivity index (χ1) is 18.6. The minimum absolute atomic E-state index is 0.0288. The number of hydroxylamine groups is 2. The van der Waals surface area contributed by atoms with Gasteiger partial charge < -0.3 is 14.1 Å². The van der Waals surface area contributed by atoms with Crippen LogP contribution in [0, 0.1) is 5.92 Å². The van der Waals surface area contributed by atoms with Crippen molar-refractivity contribution in [2.24, 2.45) is 10.9 Å². The SMILES string of the molecule is C/C=C(\N=C(C(C)C)N(O)Cc1cnco1)C(=O)N1CCc2c(cccc2Oc2ccc(C(F)(F)F)cc2)C1. The van der Waals surface area contributed by atoms with Crippen molar-refractivity contribution in [3.05, 3.63) is 89.3 Å². The molecular formula is C28H29F3N4O4. The van der Waals surface area contributed by atoms with Gasteiger partial charge in [0.05, 0.1) is 11.8 Å². The lowest BCUT2D eigenvalue weighted by atomic mass is 9.98. The largest absolute Gasteiger partial charge is 0.457 e. The molecule has 0 unspecified atom stereocenters. The molecule has 0 saturated carbocycles. The van der Waals surface area contributed by atoms with E-state index in [1.54, 1.807) is 30.0 Å². The summed E-state index contributed by atoms with van der Waals surface area (Å²) >= 11 is 0. The molecule has 1 aliphatic heterocycles. The smallest absolute Gasteiger partial charge is 0.416 e. The van der Waals surface area contributed by atoms with Gasteiger partial charge in [0.25, 0.3) is 5.91 Å². The van der Waals surface area contributed by atoms with Crippen LogP contribution in [0.15, 0.2) is 76.2 Å². The molecule has 8 nitrogen and oxygen atoms in total. The van der Waals surface area contributed by atoms with E-state index in [1.807, 2.05) is 19.9 Å². The number of aliphatic imine (C=N–C) groups is 1. The van der Waals surface area contributed by atoms with Crippen LogP contribution in [0.4, 0.5) is 13.2 Å². The van der Waals surface area contributed by atoms with Crippen LogP contribution >= 0.6 is 0 Å². The number of carbonyl (C=O) groups excluding carboxylic acids is 1. The monoisotopic (exact) mass is 542 g/mol. The maximum Gasteiger partial charge on any atom is 0.416 e. The quantitative estimate of drug-likeness (QED) is 0.165. The molecule has 0 saturated heterocycles. The third kappa shape index (κ3) is 6.66. The van der Waals surface area contributed by atoms with E-state index in [4.69, 9.17) is 9.15 Å².